The highest BCUT2D eigenvalue weighted by molar-refractivity contribution is 7.89. The molecular weight excluding hydrogens is 316 g/mol. The van der Waals surface area contributed by atoms with E-state index < -0.39 is 26.2 Å². The van der Waals surface area contributed by atoms with Crippen LogP contribution in [0.15, 0.2) is 17.0 Å². The first kappa shape index (κ1) is 16.2. The fraction of sp³-hybridized carbons (Fsp3) is 0.538. The monoisotopic (exact) mass is 332 g/mol. The topological polar surface area (TPSA) is 89.3 Å². The molecule has 0 atom stereocenters. The first-order valence-electron chi connectivity index (χ1n) is 6.63. The van der Waals surface area contributed by atoms with Gasteiger partial charge in [-0.25, -0.2) is 13.1 Å². The molecule has 0 radical (unpaired) electrons. The average molecular weight is 333 g/mol. The molecule has 0 saturated heterocycles. The van der Waals surface area contributed by atoms with Crippen LogP contribution in [0.1, 0.15) is 38.2 Å². The summed E-state index contributed by atoms with van der Waals surface area (Å²) in [4.78, 5) is 10.2. The number of benzene rings is 1. The van der Waals surface area contributed by atoms with Gasteiger partial charge in [0.05, 0.1) is 9.82 Å². The van der Waals surface area contributed by atoms with E-state index in [1.807, 2.05) is 6.92 Å². The van der Waals surface area contributed by atoms with Crippen molar-refractivity contribution in [2.75, 3.05) is 0 Å². The first-order chi connectivity index (χ1) is 9.65. The highest BCUT2D eigenvalue weighted by Gasteiger charge is 2.35. The molecule has 0 aliphatic heterocycles. The molecule has 1 aromatic rings. The van der Waals surface area contributed by atoms with Crippen molar-refractivity contribution in [2.24, 2.45) is 0 Å². The third kappa shape index (κ3) is 3.36. The normalized spacial score (nSPS) is 17.9. The Balaban J connectivity index is 2.44. The van der Waals surface area contributed by atoms with Gasteiger partial charge in [-0.2, -0.15) is 0 Å². The van der Waals surface area contributed by atoms with Gasteiger partial charge >= 0.3 is 0 Å². The van der Waals surface area contributed by atoms with Crippen LogP contribution in [0.25, 0.3) is 0 Å². The largest absolute Gasteiger partial charge is 0.289 e. The van der Waals surface area contributed by atoms with E-state index in [-0.39, 0.29) is 9.92 Å². The molecule has 1 saturated carbocycles. The van der Waals surface area contributed by atoms with Crippen LogP contribution in [0.4, 0.5) is 5.69 Å². The maximum Gasteiger partial charge on any atom is 0.289 e. The van der Waals surface area contributed by atoms with Gasteiger partial charge in [0, 0.05) is 11.6 Å². The van der Waals surface area contributed by atoms with Gasteiger partial charge in [-0.05, 0) is 38.3 Å². The third-order valence-corrected chi connectivity index (χ3v) is 5.90. The zero-order valence-corrected chi connectivity index (χ0v) is 13.4. The summed E-state index contributed by atoms with van der Waals surface area (Å²) in [6.07, 6.45) is 3.47. The quantitative estimate of drug-likeness (QED) is 0.677. The van der Waals surface area contributed by atoms with E-state index in [1.54, 1.807) is 6.92 Å². The van der Waals surface area contributed by atoms with E-state index in [0.717, 1.165) is 31.7 Å². The summed E-state index contributed by atoms with van der Waals surface area (Å²) < 4.78 is 27.7. The summed E-state index contributed by atoms with van der Waals surface area (Å²) >= 11 is 5.79. The lowest BCUT2D eigenvalue weighted by molar-refractivity contribution is -0.384. The summed E-state index contributed by atoms with van der Waals surface area (Å²) in [5.74, 6) is 0. The Bertz CT molecular complexity index is 682. The van der Waals surface area contributed by atoms with Crippen LogP contribution in [0.3, 0.4) is 0 Å². The highest BCUT2D eigenvalue weighted by atomic mass is 35.5. The minimum atomic E-state index is -3.82. The van der Waals surface area contributed by atoms with Crippen molar-refractivity contribution in [1.29, 1.82) is 0 Å². The van der Waals surface area contributed by atoms with Gasteiger partial charge in [0.25, 0.3) is 5.69 Å². The Labute approximate surface area is 128 Å². The minimum Gasteiger partial charge on any atom is -0.258 e. The SMILES string of the molecule is Cc1cc(Cl)c([N+](=O)[O-])cc1S(=O)(=O)NC1(C)CCCC1. The predicted molar refractivity (Wildman–Crippen MR) is 80.0 cm³/mol. The summed E-state index contributed by atoms with van der Waals surface area (Å²) in [5, 5.41) is 10.9. The van der Waals surface area contributed by atoms with E-state index in [4.69, 9.17) is 11.6 Å². The molecule has 0 unspecified atom stereocenters. The van der Waals surface area contributed by atoms with Crippen molar-refractivity contribution in [3.63, 3.8) is 0 Å². The number of nitrogens with one attached hydrogen (secondary N) is 1. The number of rotatable bonds is 4. The van der Waals surface area contributed by atoms with Crippen LogP contribution < -0.4 is 4.72 Å². The highest BCUT2D eigenvalue weighted by Crippen LogP contribution is 2.33. The summed E-state index contributed by atoms with van der Waals surface area (Å²) in [6.45, 7) is 3.43. The number of hydrogen-bond acceptors (Lipinski definition) is 4. The zero-order valence-electron chi connectivity index (χ0n) is 11.8. The molecule has 0 amide bonds. The second-order valence-corrected chi connectivity index (χ2v) is 7.76. The number of sulfonamides is 1. The van der Waals surface area contributed by atoms with Gasteiger partial charge < -0.3 is 0 Å². The smallest absolute Gasteiger partial charge is 0.258 e. The lowest BCUT2D eigenvalue weighted by Crippen LogP contribution is -2.43. The predicted octanol–water partition coefficient (Wildman–Crippen LogP) is 3.17. The molecule has 2 rings (SSSR count). The van der Waals surface area contributed by atoms with Gasteiger partial charge in [0.15, 0.2) is 0 Å². The van der Waals surface area contributed by atoms with Crippen molar-refractivity contribution < 1.29 is 13.3 Å². The van der Waals surface area contributed by atoms with Crippen LogP contribution in [0.2, 0.25) is 5.02 Å². The molecule has 1 aliphatic rings. The molecule has 1 fully saturated rings. The molecule has 6 nitrogen and oxygen atoms in total. The molecule has 8 heteroatoms. The number of nitro groups is 1. The first-order valence-corrected chi connectivity index (χ1v) is 8.49. The fourth-order valence-electron chi connectivity index (χ4n) is 2.71. The molecule has 0 spiro atoms. The molecule has 0 aromatic heterocycles. The second-order valence-electron chi connectivity index (χ2n) is 5.70. The second kappa shape index (κ2) is 5.55. The molecule has 1 N–H and O–H groups in total. The van der Waals surface area contributed by atoms with E-state index in [1.165, 1.54) is 6.07 Å². The molecule has 1 aliphatic carbocycles. The number of aryl methyl sites for hydroxylation is 1. The Morgan fingerprint density at radius 3 is 2.43 bits per heavy atom. The van der Waals surface area contributed by atoms with Crippen molar-refractivity contribution in [3.05, 3.63) is 32.8 Å². The van der Waals surface area contributed by atoms with Gasteiger partial charge in [0.2, 0.25) is 10.0 Å². The van der Waals surface area contributed by atoms with Gasteiger partial charge in [-0.1, -0.05) is 24.4 Å². The number of nitro benzene ring substituents is 1. The van der Waals surface area contributed by atoms with Gasteiger partial charge in [0.1, 0.15) is 5.02 Å². The molecule has 0 bridgehead atoms. The molecule has 21 heavy (non-hydrogen) atoms. The Morgan fingerprint density at radius 2 is 1.90 bits per heavy atom. The zero-order chi connectivity index (χ0) is 15.8. The van der Waals surface area contributed by atoms with E-state index in [0.29, 0.717) is 5.56 Å². The molecular formula is C13H17ClN2O4S. The molecule has 116 valence electrons. The van der Waals surface area contributed by atoms with Crippen molar-refractivity contribution in [2.45, 2.75) is 50.0 Å². The van der Waals surface area contributed by atoms with E-state index in [2.05, 4.69) is 4.72 Å². The van der Waals surface area contributed by atoms with Gasteiger partial charge in [-0.15, -0.1) is 0 Å². The maximum absolute atomic E-state index is 12.5. The van der Waals surface area contributed by atoms with Crippen LogP contribution >= 0.6 is 11.6 Å². The maximum atomic E-state index is 12.5. The van der Waals surface area contributed by atoms with Crippen LogP contribution in [-0.2, 0) is 10.0 Å². The Morgan fingerprint density at radius 1 is 1.33 bits per heavy atom. The Kier molecular flexibility index (Phi) is 4.28. The summed E-state index contributed by atoms with van der Waals surface area (Å²) in [6, 6.07) is 2.34. The summed E-state index contributed by atoms with van der Waals surface area (Å²) in [5.41, 5.74) is -0.501. The fourth-order valence-corrected chi connectivity index (χ4v) is 4.71. The minimum absolute atomic E-state index is 0.0662. The summed E-state index contributed by atoms with van der Waals surface area (Å²) in [7, 11) is -3.82. The third-order valence-electron chi connectivity index (χ3n) is 3.82. The Hall–Kier alpha value is -1.18. The van der Waals surface area contributed by atoms with E-state index >= 15 is 0 Å². The molecule has 1 aromatic carbocycles. The van der Waals surface area contributed by atoms with Crippen LogP contribution in [0, 0.1) is 17.0 Å². The van der Waals surface area contributed by atoms with E-state index in [9.17, 15) is 18.5 Å². The lowest BCUT2D eigenvalue weighted by atomic mass is 10.0. The van der Waals surface area contributed by atoms with Crippen molar-refractivity contribution in [3.8, 4) is 0 Å². The van der Waals surface area contributed by atoms with Crippen molar-refractivity contribution >= 4 is 27.3 Å². The van der Waals surface area contributed by atoms with Crippen LogP contribution in [0.5, 0.6) is 0 Å². The number of nitrogens with zero attached hydrogens (tertiary/aromatic N) is 1. The van der Waals surface area contributed by atoms with Crippen molar-refractivity contribution in [1.82, 2.24) is 4.72 Å². The number of hydrogen-bond donors (Lipinski definition) is 1. The number of halogens is 1. The lowest BCUT2D eigenvalue weighted by Gasteiger charge is -2.25. The molecule has 0 heterocycles. The average Bonchev–Trinajstić information content (AvgIpc) is 2.73. The van der Waals surface area contributed by atoms with Gasteiger partial charge in [-0.3, -0.25) is 10.1 Å². The standard InChI is InChI=1S/C13H17ClN2O4S/c1-9-7-10(14)11(16(17)18)8-12(9)21(19,20)15-13(2)5-3-4-6-13/h7-8,15H,3-6H2,1-2H3. The van der Waals surface area contributed by atoms with Crippen LogP contribution in [-0.4, -0.2) is 18.9 Å².